The lowest BCUT2D eigenvalue weighted by atomic mass is 10.1. The monoisotopic (exact) mass is 347 g/mol. The van der Waals surface area contributed by atoms with Crippen LogP contribution in [0, 0.1) is 5.82 Å². The molecule has 0 aliphatic carbocycles. The molecule has 1 rings (SSSR count). The minimum absolute atomic E-state index is 0.0492. The van der Waals surface area contributed by atoms with E-state index in [0.29, 0.717) is 4.47 Å². The molecular formula is C12H15BrFN3O3. The summed E-state index contributed by atoms with van der Waals surface area (Å²) in [4.78, 5) is 21.4. The predicted octanol–water partition coefficient (Wildman–Crippen LogP) is 1.90. The van der Waals surface area contributed by atoms with Gasteiger partial charge in [-0.05, 0) is 34.5 Å². The molecule has 0 aliphatic heterocycles. The molecule has 0 fully saturated rings. The molecule has 2 amide bonds. The standard InChI is InChI=1S/C12H15BrFN3O3/c13-8-2-1-3-9(11(8)14)16-6-7(17-12(19)20)4-5-10(15)18/h1-3,7,16-17H,4-6H2,(H2,15,18)(H,19,20)/t7-/m0/s1. The summed E-state index contributed by atoms with van der Waals surface area (Å²) in [5.41, 5.74) is 5.27. The minimum atomic E-state index is -1.21. The Bertz CT molecular complexity index is 499. The molecule has 0 saturated heterocycles. The Morgan fingerprint density at radius 1 is 1.45 bits per heavy atom. The second kappa shape index (κ2) is 7.68. The molecule has 0 spiro atoms. The third kappa shape index (κ3) is 5.43. The maximum Gasteiger partial charge on any atom is 0.404 e. The van der Waals surface area contributed by atoms with Crippen LogP contribution in [0.2, 0.25) is 0 Å². The molecule has 0 saturated carbocycles. The number of benzene rings is 1. The van der Waals surface area contributed by atoms with E-state index >= 15 is 0 Å². The van der Waals surface area contributed by atoms with Gasteiger partial charge in [0.25, 0.3) is 0 Å². The normalized spacial score (nSPS) is 11.7. The lowest BCUT2D eigenvalue weighted by Gasteiger charge is -2.18. The number of nitrogens with one attached hydrogen (secondary N) is 2. The fourth-order valence-corrected chi connectivity index (χ4v) is 1.96. The van der Waals surface area contributed by atoms with Crippen LogP contribution in [0.5, 0.6) is 0 Å². The number of carbonyl (C=O) groups is 2. The van der Waals surface area contributed by atoms with Crippen LogP contribution < -0.4 is 16.4 Å². The van der Waals surface area contributed by atoms with E-state index in [-0.39, 0.29) is 25.1 Å². The van der Waals surface area contributed by atoms with E-state index in [1.165, 1.54) is 6.07 Å². The lowest BCUT2D eigenvalue weighted by Crippen LogP contribution is -2.39. The number of amides is 2. The van der Waals surface area contributed by atoms with E-state index < -0.39 is 23.9 Å². The number of carboxylic acid groups (broad SMARTS) is 1. The number of rotatable bonds is 7. The first-order valence-corrected chi connectivity index (χ1v) is 6.65. The van der Waals surface area contributed by atoms with E-state index in [0.717, 1.165) is 0 Å². The van der Waals surface area contributed by atoms with Crippen LogP contribution in [0.3, 0.4) is 0 Å². The number of anilines is 1. The maximum atomic E-state index is 13.7. The molecule has 5 N–H and O–H groups in total. The Morgan fingerprint density at radius 2 is 2.15 bits per heavy atom. The van der Waals surface area contributed by atoms with Gasteiger partial charge in [-0.15, -0.1) is 0 Å². The highest BCUT2D eigenvalue weighted by Gasteiger charge is 2.14. The third-order valence-corrected chi connectivity index (χ3v) is 3.17. The summed E-state index contributed by atoms with van der Waals surface area (Å²) in [6, 6.07) is 4.20. The van der Waals surface area contributed by atoms with Crippen molar-refractivity contribution in [3.63, 3.8) is 0 Å². The maximum absolute atomic E-state index is 13.7. The summed E-state index contributed by atoms with van der Waals surface area (Å²) in [6.45, 7) is 0.146. The van der Waals surface area contributed by atoms with Crippen molar-refractivity contribution in [2.24, 2.45) is 5.73 Å². The van der Waals surface area contributed by atoms with Gasteiger partial charge in [0.2, 0.25) is 5.91 Å². The third-order valence-electron chi connectivity index (χ3n) is 2.56. The number of halogens is 2. The highest BCUT2D eigenvalue weighted by molar-refractivity contribution is 9.10. The van der Waals surface area contributed by atoms with Crippen molar-refractivity contribution in [2.75, 3.05) is 11.9 Å². The average molecular weight is 348 g/mol. The molecule has 0 aromatic heterocycles. The second-order valence-corrected chi connectivity index (χ2v) is 4.99. The summed E-state index contributed by atoms with van der Waals surface area (Å²) in [6.07, 6.45) is -0.923. The molecule has 0 heterocycles. The second-order valence-electron chi connectivity index (χ2n) is 4.13. The zero-order chi connectivity index (χ0) is 15.1. The quantitative estimate of drug-likeness (QED) is 0.604. The molecule has 20 heavy (non-hydrogen) atoms. The SMILES string of the molecule is NC(=O)CC[C@@H](CNc1cccc(Br)c1F)NC(=O)O. The van der Waals surface area contributed by atoms with Crippen molar-refractivity contribution in [2.45, 2.75) is 18.9 Å². The van der Waals surface area contributed by atoms with Gasteiger partial charge in [-0.25, -0.2) is 9.18 Å². The van der Waals surface area contributed by atoms with Crippen molar-refractivity contribution in [1.29, 1.82) is 0 Å². The molecule has 1 atom stereocenters. The van der Waals surface area contributed by atoms with Gasteiger partial charge in [0.1, 0.15) is 0 Å². The van der Waals surface area contributed by atoms with Gasteiger partial charge in [0.05, 0.1) is 10.2 Å². The van der Waals surface area contributed by atoms with Gasteiger partial charge in [-0.2, -0.15) is 0 Å². The molecule has 1 aromatic rings. The Balaban J connectivity index is 2.62. The number of nitrogens with two attached hydrogens (primary N) is 1. The number of hydrogen-bond acceptors (Lipinski definition) is 3. The highest BCUT2D eigenvalue weighted by atomic mass is 79.9. The summed E-state index contributed by atoms with van der Waals surface area (Å²) in [5.74, 6) is -0.979. The molecule has 0 aliphatic rings. The zero-order valence-electron chi connectivity index (χ0n) is 10.5. The Labute approximate surface area is 123 Å². The van der Waals surface area contributed by atoms with Gasteiger partial charge < -0.3 is 21.5 Å². The number of carbonyl (C=O) groups excluding carboxylic acids is 1. The van der Waals surface area contributed by atoms with E-state index in [1.807, 2.05) is 0 Å². The van der Waals surface area contributed by atoms with Crippen molar-refractivity contribution >= 4 is 33.6 Å². The largest absolute Gasteiger partial charge is 0.465 e. The van der Waals surface area contributed by atoms with Gasteiger partial charge in [-0.3, -0.25) is 4.79 Å². The van der Waals surface area contributed by atoms with E-state index in [1.54, 1.807) is 12.1 Å². The van der Waals surface area contributed by atoms with Crippen molar-refractivity contribution in [3.05, 3.63) is 28.5 Å². The van der Waals surface area contributed by atoms with Crippen LogP contribution in [0.4, 0.5) is 14.9 Å². The van der Waals surface area contributed by atoms with Crippen molar-refractivity contribution in [3.8, 4) is 0 Å². The Hall–Kier alpha value is -1.83. The van der Waals surface area contributed by atoms with Gasteiger partial charge in [0.15, 0.2) is 5.82 Å². The van der Waals surface area contributed by atoms with Crippen LogP contribution >= 0.6 is 15.9 Å². The number of hydrogen-bond donors (Lipinski definition) is 4. The van der Waals surface area contributed by atoms with Gasteiger partial charge in [-0.1, -0.05) is 6.07 Å². The van der Waals surface area contributed by atoms with Crippen LogP contribution in [0.15, 0.2) is 22.7 Å². The van der Waals surface area contributed by atoms with Gasteiger partial charge >= 0.3 is 6.09 Å². The van der Waals surface area contributed by atoms with Crippen molar-refractivity contribution in [1.82, 2.24) is 5.32 Å². The summed E-state index contributed by atoms with van der Waals surface area (Å²) in [7, 11) is 0. The van der Waals surface area contributed by atoms with E-state index in [9.17, 15) is 14.0 Å². The molecular weight excluding hydrogens is 333 g/mol. The first-order valence-electron chi connectivity index (χ1n) is 5.85. The molecule has 6 nitrogen and oxygen atoms in total. The fourth-order valence-electron chi connectivity index (χ4n) is 1.59. The molecule has 0 unspecified atom stereocenters. The summed E-state index contributed by atoms with van der Waals surface area (Å²) in [5, 5.41) is 13.8. The molecule has 8 heteroatoms. The molecule has 0 bridgehead atoms. The first-order chi connectivity index (χ1) is 9.40. The molecule has 1 aromatic carbocycles. The van der Waals surface area contributed by atoms with Crippen LogP contribution in [-0.4, -0.2) is 29.7 Å². The van der Waals surface area contributed by atoms with E-state index in [4.69, 9.17) is 10.8 Å². The molecule has 0 radical (unpaired) electrons. The average Bonchev–Trinajstić information content (AvgIpc) is 2.36. The van der Waals surface area contributed by atoms with Gasteiger partial charge in [0, 0.05) is 19.0 Å². The predicted molar refractivity (Wildman–Crippen MR) is 76.0 cm³/mol. The Morgan fingerprint density at radius 3 is 2.75 bits per heavy atom. The Kier molecular flexibility index (Phi) is 6.23. The van der Waals surface area contributed by atoms with Crippen molar-refractivity contribution < 1.29 is 19.1 Å². The lowest BCUT2D eigenvalue weighted by molar-refractivity contribution is -0.118. The smallest absolute Gasteiger partial charge is 0.404 e. The first kappa shape index (κ1) is 16.2. The fraction of sp³-hybridized carbons (Fsp3) is 0.333. The minimum Gasteiger partial charge on any atom is -0.465 e. The van der Waals surface area contributed by atoms with Crippen LogP contribution in [0.25, 0.3) is 0 Å². The number of primary amides is 1. The topological polar surface area (TPSA) is 104 Å². The van der Waals surface area contributed by atoms with E-state index in [2.05, 4.69) is 26.6 Å². The summed E-state index contributed by atoms with van der Waals surface area (Å²) >= 11 is 3.06. The van der Waals surface area contributed by atoms with Crippen LogP contribution in [0.1, 0.15) is 12.8 Å². The summed E-state index contributed by atoms with van der Waals surface area (Å²) < 4.78 is 14.0. The van der Waals surface area contributed by atoms with Crippen LogP contribution in [-0.2, 0) is 4.79 Å². The highest BCUT2D eigenvalue weighted by Crippen LogP contribution is 2.22. The molecule has 110 valence electrons. The zero-order valence-corrected chi connectivity index (χ0v) is 12.1.